The molecule has 2 heterocycles. The number of carboxylic acids is 1. The van der Waals surface area contributed by atoms with E-state index in [9.17, 15) is 9.90 Å². The molecule has 1 atom stereocenters. The molecule has 0 aliphatic carbocycles. The largest absolute Gasteiger partial charge is 0.481 e. The van der Waals surface area contributed by atoms with Crippen molar-refractivity contribution in [3.63, 3.8) is 0 Å². The Bertz CT molecular complexity index is 430. The highest BCUT2D eigenvalue weighted by Crippen LogP contribution is 2.25. The maximum Gasteiger partial charge on any atom is 0.308 e. The van der Waals surface area contributed by atoms with Gasteiger partial charge in [-0.3, -0.25) is 9.78 Å². The number of anilines is 1. The van der Waals surface area contributed by atoms with Gasteiger partial charge < -0.3 is 15.2 Å². The molecule has 0 bridgehead atoms. The van der Waals surface area contributed by atoms with Gasteiger partial charge in [0.1, 0.15) is 0 Å². The molecule has 1 unspecified atom stereocenters. The highest BCUT2D eigenvalue weighted by Gasteiger charge is 2.29. The van der Waals surface area contributed by atoms with E-state index in [-0.39, 0.29) is 11.8 Å². The molecule has 0 spiro atoms. The number of carbonyl (C=O) groups is 1. The Morgan fingerprint density at radius 3 is 2.95 bits per heavy atom. The lowest BCUT2D eigenvalue weighted by molar-refractivity contribution is -0.144. The molecule has 0 radical (unpaired) electrons. The highest BCUT2D eigenvalue weighted by molar-refractivity contribution is 5.71. The highest BCUT2D eigenvalue weighted by atomic mass is 16.5. The van der Waals surface area contributed by atoms with Gasteiger partial charge in [0.2, 0.25) is 0 Å². The first-order chi connectivity index (χ1) is 9.18. The molecule has 1 aromatic heterocycles. The van der Waals surface area contributed by atoms with Gasteiger partial charge in [0.25, 0.3) is 0 Å². The van der Waals surface area contributed by atoms with E-state index in [4.69, 9.17) is 4.74 Å². The minimum atomic E-state index is -0.730. The molecule has 104 valence electrons. The van der Waals surface area contributed by atoms with E-state index >= 15 is 0 Å². The Morgan fingerprint density at radius 2 is 2.32 bits per heavy atom. The van der Waals surface area contributed by atoms with Crippen LogP contribution in [0.3, 0.4) is 0 Å². The zero-order valence-electron chi connectivity index (χ0n) is 11.1. The monoisotopic (exact) mass is 264 g/mol. The number of aromatic nitrogens is 1. The SMILES string of the molecule is Cc1cnccc1NCC(C(=O)O)C1CCOCC1. The van der Waals surface area contributed by atoms with Gasteiger partial charge in [-0.2, -0.15) is 0 Å². The molecule has 1 aromatic rings. The van der Waals surface area contributed by atoms with E-state index in [0.29, 0.717) is 19.8 Å². The molecule has 1 aliphatic heterocycles. The number of carboxylic acid groups (broad SMARTS) is 1. The summed E-state index contributed by atoms with van der Waals surface area (Å²) in [6.07, 6.45) is 5.13. The van der Waals surface area contributed by atoms with Crippen LogP contribution in [0.15, 0.2) is 18.5 Å². The van der Waals surface area contributed by atoms with Gasteiger partial charge in [-0.05, 0) is 37.3 Å². The van der Waals surface area contributed by atoms with E-state index in [1.54, 1.807) is 12.4 Å². The van der Waals surface area contributed by atoms with Gasteiger partial charge >= 0.3 is 5.97 Å². The maximum absolute atomic E-state index is 11.4. The minimum absolute atomic E-state index is 0.195. The molecule has 1 fully saturated rings. The molecule has 1 saturated heterocycles. The Balaban J connectivity index is 1.97. The molecular formula is C14H20N2O3. The topological polar surface area (TPSA) is 71.5 Å². The van der Waals surface area contributed by atoms with Gasteiger partial charge in [0.05, 0.1) is 5.92 Å². The van der Waals surface area contributed by atoms with E-state index in [0.717, 1.165) is 24.1 Å². The molecule has 19 heavy (non-hydrogen) atoms. The fraction of sp³-hybridized carbons (Fsp3) is 0.571. The van der Waals surface area contributed by atoms with Crippen molar-refractivity contribution in [2.45, 2.75) is 19.8 Å². The zero-order valence-corrected chi connectivity index (χ0v) is 11.1. The molecule has 0 aromatic carbocycles. The summed E-state index contributed by atoms with van der Waals surface area (Å²) in [6, 6.07) is 1.87. The number of aryl methyl sites for hydroxylation is 1. The third kappa shape index (κ3) is 3.67. The van der Waals surface area contributed by atoms with Crippen LogP contribution in [0, 0.1) is 18.8 Å². The Kier molecular flexibility index (Phi) is 4.74. The number of hydrogen-bond donors (Lipinski definition) is 2. The first kappa shape index (κ1) is 13.8. The van der Waals surface area contributed by atoms with Gasteiger partial charge in [-0.15, -0.1) is 0 Å². The Morgan fingerprint density at radius 1 is 1.58 bits per heavy atom. The molecule has 5 heteroatoms. The normalized spacial score (nSPS) is 17.9. The van der Waals surface area contributed by atoms with E-state index in [1.165, 1.54) is 0 Å². The van der Waals surface area contributed by atoms with Crippen molar-refractivity contribution in [3.8, 4) is 0 Å². The van der Waals surface area contributed by atoms with Gasteiger partial charge in [0, 0.05) is 37.8 Å². The number of ether oxygens (including phenoxy) is 1. The first-order valence-electron chi connectivity index (χ1n) is 6.63. The number of rotatable bonds is 5. The van der Waals surface area contributed by atoms with Crippen molar-refractivity contribution in [1.29, 1.82) is 0 Å². The summed E-state index contributed by atoms with van der Waals surface area (Å²) in [5.74, 6) is -0.900. The van der Waals surface area contributed by atoms with Crippen molar-refractivity contribution in [2.24, 2.45) is 11.8 Å². The van der Waals surface area contributed by atoms with Crippen LogP contribution in [0.4, 0.5) is 5.69 Å². The van der Waals surface area contributed by atoms with Crippen LogP contribution in [0.2, 0.25) is 0 Å². The van der Waals surface area contributed by atoms with Crippen LogP contribution in [0.25, 0.3) is 0 Å². The van der Waals surface area contributed by atoms with Crippen molar-refractivity contribution in [3.05, 3.63) is 24.0 Å². The van der Waals surface area contributed by atoms with Crippen LogP contribution >= 0.6 is 0 Å². The lowest BCUT2D eigenvalue weighted by Crippen LogP contribution is -2.34. The molecular weight excluding hydrogens is 244 g/mol. The number of hydrogen-bond acceptors (Lipinski definition) is 4. The van der Waals surface area contributed by atoms with Crippen LogP contribution in [-0.4, -0.2) is 35.8 Å². The number of pyridine rings is 1. The molecule has 2 rings (SSSR count). The lowest BCUT2D eigenvalue weighted by atomic mass is 9.86. The Hall–Kier alpha value is -1.62. The van der Waals surface area contributed by atoms with Crippen molar-refractivity contribution in [1.82, 2.24) is 4.98 Å². The summed E-state index contributed by atoms with van der Waals surface area (Å²) in [7, 11) is 0. The van der Waals surface area contributed by atoms with Crippen LogP contribution in [0.1, 0.15) is 18.4 Å². The lowest BCUT2D eigenvalue weighted by Gasteiger charge is -2.28. The summed E-state index contributed by atoms with van der Waals surface area (Å²) >= 11 is 0. The predicted molar refractivity (Wildman–Crippen MR) is 72.1 cm³/mol. The second-order valence-electron chi connectivity index (χ2n) is 4.97. The minimum Gasteiger partial charge on any atom is -0.481 e. The maximum atomic E-state index is 11.4. The molecule has 0 amide bonds. The number of nitrogens with one attached hydrogen (secondary N) is 1. The molecule has 1 aliphatic rings. The Labute approximate surface area is 113 Å². The van der Waals surface area contributed by atoms with Gasteiger partial charge in [-0.25, -0.2) is 0 Å². The third-order valence-electron chi connectivity index (χ3n) is 3.68. The summed E-state index contributed by atoms with van der Waals surface area (Å²) in [5.41, 5.74) is 1.98. The molecule has 5 nitrogen and oxygen atoms in total. The van der Waals surface area contributed by atoms with Crippen molar-refractivity contribution in [2.75, 3.05) is 25.1 Å². The summed E-state index contributed by atoms with van der Waals surface area (Å²) < 4.78 is 5.29. The molecule has 0 saturated carbocycles. The summed E-state index contributed by atoms with van der Waals surface area (Å²) in [5, 5.41) is 12.6. The summed E-state index contributed by atoms with van der Waals surface area (Å²) in [4.78, 5) is 15.4. The molecule has 2 N–H and O–H groups in total. The van der Waals surface area contributed by atoms with E-state index in [1.807, 2.05) is 13.0 Å². The predicted octanol–water partition coefficient (Wildman–Crippen LogP) is 1.93. The van der Waals surface area contributed by atoms with Crippen molar-refractivity contribution >= 4 is 11.7 Å². The average molecular weight is 264 g/mol. The zero-order chi connectivity index (χ0) is 13.7. The fourth-order valence-corrected chi connectivity index (χ4v) is 2.47. The standard InChI is InChI=1S/C14H20N2O3/c1-10-8-15-5-2-13(10)16-9-12(14(17)18)11-3-6-19-7-4-11/h2,5,8,11-12H,3-4,6-7,9H2,1H3,(H,15,16)(H,17,18). The summed E-state index contributed by atoms with van der Waals surface area (Å²) in [6.45, 7) is 3.75. The first-order valence-corrected chi connectivity index (χ1v) is 6.63. The van der Waals surface area contributed by atoms with Crippen LogP contribution < -0.4 is 5.32 Å². The van der Waals surface area contributed by atoms with Gasteiger partial charge in [-0.1, -0.05) is 0 Å². The quantitative estimate of drug-likeness (QED) is 0.850. The fourth-order valence-electron chi connectivity index (χ4n) is 2.47. The number of aliphatic carboxylic acids is 1. The van der Waals surface area contributed by atoms with Crippen molar-refractivity contribution < 1.29 is 14.6 Å². The second kappa shape index (κ2) is 6.52. The number of nitrogens with zero attached hydrogens (tertiary/aromatic N) is 1. The van der Waals surface area contributed by atoms with Gasteiger partial charge in [0.15, 0.2) is 0 Å². The average Bonchev–Trinajstić information content (AvgIpc) is 2.42. The van der Waals surface area contributed by atoms with Crippen LogP contribution in [0.5, 0.6) is 0 Å². The van der Waals surface area contributed by atoms with E-state index < -0.39 is 5.97 Å². The second-order valence-corrected chi connectivity index (χ2v) is 4.97. The van der Waals surface area contributed by atoms with Crippen LogP contribution in [-0.2, 0) is 9.53 Å². The van der Waals surface area contributed by atoms with E-state index in [2.05, 4.69) is 10.3 Å². The smallest absolute Gasteiger partial charge is 0.308 e. The third-order valence-corrected chi connectivity index (χ3v) is 3.68.